The van der Waals surface area contributed by atoms with Gasteiger partial charge in [-0.05, 0) is 25.1 Å². The van der Waals surface area contributed by atoms with Gasteiger partial charge >= 0.3 is 6.36 Å². The molecule has 0 bridgehead atoms. The van der Waals surface area contributed by atoms with Gasteiger partial charge in [0, 0.05) is 16.6 Å². The molecule has 0 amide bonds. The molecule has 21 heavy (non-hydrogen) atoms. The number of hydrogen-bond donors (Lipinski definition) is 2. The van der Waals surface area contributed by atoms with Crippen LogP contribution < -0.4 is 15.9 Å². The summed E-state index contributed by atoms with van der Waals surface area (Å²) < 4.78 is 40.2. The van der Waals surface area contributed by atoms with E-state index in [4.69, 9.17) is 5.73 Å². The number of halogens is 3. The van der Waals surface area contributed by atoms with Crippen molar-refractivity contribution in [2.24, 2.45) is 5.10 Å². The number of nitrogens with two attached hydrogens (primary N) is 1. The Kier molecular flexibility index (Phi) is 4.32. The van der Waals surface area contributed by atoms with Crippen LogP contribution in [0.2, 0.25) is 0 Å². The summed E-state index contributed by atoms with van der Waals surface area (Å²) in [6.45, 7) is 1.83. The molecule has 0 aliphatic heterocycles. The lowest BCUT2D eigenvalue weighted by molar-refractivity contribution is -0.274. The smallest absolute Gasteiger partial charge is 0.406 e. The number of aromatic nitrogens is 1. The van der Waals surface area contributed by atoms with Crippen molar-refractivity contribution in [1.29, 1.82) is 0 Å². The van der Waals surface area contributed by atoms with Gasteiger partial charge in [-0.15, -0.1) is 24.5 Å². The van der Waals surface area contributed by atoms with E-state index in [0.717, 1.165) is 17.8 Å². The minimum atomic E-state index is -4.75. The van der Waals surface area contributed by atoms with Crippen molar-refractivity contribution in [3.63, 3.8) is 0 Å². The molecule has 0 unspecified atom stereocenters. The molecule has 1 aromatic heterocycles. The van der Waals surface area contributed by atoms with E-state index in [9.17, 15) is 13.2 Å². The fourth-order valence-corrected chi connectivity index (χ4v) is 2.06. The third-order valence-corrected chi connectivity index (χ3v) is 3.14. The molecule has 2 aromatic rings. The summed E-state index contributed by atoms with van der Waals surface area (Å²) in [5, 5.41) is 6.29. The Morgan fingerprint density at radius 2 is 2.19 bits per heavy atom. The molecule has 0 fully saturated rings. The van der Waals surface area contributed by atoms with Crippen molar-refractivity contribution in [1.82, 2.24) is 4.98 Å². The van der Waals surface area contributed by atoms with E-state index in [1.54, 1.807) is 0 Å². The zero-order valence-corrected chi connectivity index (χ0v) is 11.6. The maximum atomic E-state index is 12.1. The Morgan fingerprint density at radius 3 is 2.81 bits per heavy atom. The van der Waals surface area contributed by atoms with Gasteiger partial charge in [0.25, 0.3) is 0 Å². The molecule has 0 aliphatic rings. The maximum absolute atomic E-state index is 12.1. The van der Waals surface area contributed by atoms with Gasteiger partial charge in [-0.25, -0.2) is 4.98 Å². The Morgan fingerprint density at radius 1 is 1.43 bits per heavy atom. The number of hydrogen-bond acceptors (Lipinski definition) is 6. The number of nitrogen functional groups attached to an aromatic ring is 1. The lowest BCUT2D eigenvalue weighted by atomic mass is 10.2. The van der Waals surface area contributed by atoms with Gasteiger partial charge in [-0.1, -0.05) is 0 Å². The maximum Gasteiger partial charge on any atom is 0.573 e. The van der Waals surface area contributed by atoms with E-state index in [2.05, 4.69) is 20.2 Å². The highest BCUT2D eigenvalue weighted by Crippen LogP contribution is 2.25. The average molecular weight is 316 g/mol. The second kappa shape index (κ2) is 6.00. The molecule has 0 saturated carbocycles. The molecule has 3 N–H and O–H groups in total. The van der Waals surface area contributed by atoms with E-state index < -0.39 is 6.36 Å². The van der Waals surface area contributed by atoms with Gasteiger partial charge in [-0.3, -0.25) is 5.43 Å². The van der Waals surface area contributed by atoms with E-state index >= 15 is 0 Å². The summed E-state index contributed by atoms with van der Waals surface area (Å²) in [5.74, 6) is -0.358. The molecule has 0 aliphatic carbocycles. The van der Waals surface area contributed by atoms with Crippen LogP contribution in [0, 0.1) is 6.92 Å². The predicted octanol–water partition coefficient (Wildman–Crippen LogP) is 3.38. The lowest BCUT2D eigenvalue weighted by Gasteiger charge is -2.10. The molecular weight excluding hydrogens is 305 g/mol. The number of benzene rings is 1. The quantitative estimate of drug-likeness (QED) is 0.515. The normalized spacial score (nSPS) is 11.8. The van der Waals surface area contributed by atoms with Crippen LogP contribution in [0.1, 0.15) is 11.3 Å². The van der Waals surface area contributed by atoms with Crippen LogP contribution in [0.3, 0.4) is 0 Å². The molecule has 9 heteroatoms. The van der Waals surface area contributed by atoms with Crippen molar-refractivity contribution in [3.05, 3.63) is 34.8 Å². The first-order valence-electron chi connectivity index (χ1n) is 5.70. The van der Waals surface area contributed by atoms with Crippen LogP contribution in [-0.2, 0) is 0 Å². The molecule has 0 spiro atoms. The van der Waals surface area contributed by atoms with E-state index in [1.165, 1.54) is 23.6 Å². The highest BCUT2D eigenvalue weighted by molar-refractivity contribution is 7.13. The summed E-state index contributed by atoms with van der Waals surface area (Å²) >= 11 is 1.36. The topological polar surface area (TPSA) is 72.5 Å². The highest BCUT2D eigenvalue weighted by atomic mass is 32.1. The first-order valence-corrected chi connectivity index (χ1v) is 6.58. The monoisotopic (exact) mass is 316 g/mol. The van der Waals surface area contributed by atoms with Gasteiger partial charge in [0.2, 0.25) is 5.13 Å². The molecule has 0 atom stereocenters. The highest BCUT2D eigenvalue weighted by Gasteiger charge is 2.31. The standard InChI is InChI=1S/C12H11F3N4OS/c1-7-6-21-11(18-7)19-17-5-8-4-9(2-3-10(8)16)20-12(13,14)15/h2-6H,16H2,1H3,(H,18,19). The number of rotatable bonds is 4. The van der Waals surface area contributed by atoms with E-state index in [0.29, 0.717) is 10.7 Å². The van der Waals surface area contributed by atoms with Crippen LogP contribution in [0.15, 0.2) is 28.7 Å². The molecule has 1 aromatic carbocycles. The molecule has 112 valence electrons. The van der Waals surface area contributed by atoms with E-state index in [1.807, 2.05) is 12.3 Å². The third-order valence-electron chi connectivity index (χ3n) is 2.27. The lowest BCUT2D eigenvalue weighted by Crippen LogP contribution is -2.17. The largest absolute Gasteiger partial charge is 0.573 e. The Balaban J connectivity index is 2.09. The number of nitrogens with zero attached hydrogens (tertiary/aromatic N) is 2. The molecule has 0 saturated heterocycles. The van der Waals surface area contributed by atoms with Gasteiger partial charge in [0.15, 0.2) is 0 Å². The van der Waals surface area contributed by atoms with E-state index in [-0.39, 0.29) is 11.4 Å². The number of anilines is 2. The van der Waals surface area contributed by atoms with Crippen molar-refractivity contribution in [2.75, 3.05) is 11.2 Å². The first-order chi connectivity index (χ1) is 9.83. The van der Waals surface area contributed by atoms with Gasteiger partial charge < -0.3 is 10.5 Å². The predicted molar refractivity (Wildman–Crippen MR) is 75.6 cm³/mol. The number of nitrogens with one attached hydrogen (secondary N) is 1. The van der Waals surface area contributed by atoms with Crippen LogP contribution in [-0.4, -0.2) is 17.6 Å². The summed E-state index contributed by atoms with van der Waals surface area (Å²) in [4.78, 5) is 4.12. The molecule has 5 nitrogen and oxygen atoms in total. The summed E-state index contributed by atoms with van der Waals surface area (Å²) in [7, 11) is 0. The fraction of sp³-hybridized carbons (Fsp3) is 0.167. The summed E-state index contributed by atoms with van der Waals surface area (Å²) in [6.07, 6.45) is -3.45. The van der Waals surface area contributed by atoms with Crippen LogP contribution >= 0.6 is 11.3 Å². The zero-order chi connectivity index (χ0) is 15.5. The molecule has 2 rings (SSSR count). The number of thiazole rings is 1. The molecule has 1 heterocycles. The average Bonchev–Trinajstić information content (AvgIpc) is 2.77. The Bertz CT molecular complexity index is 654. The number of alkyl halides is 3. The summed E-state index contributed by atoms with van der Waals surface area (Å²) in [5.41, 5.74) is 9.77. The van der Waals surface area contributed by atoms with Crippen molar-refractivity contribution in [2.45, 2.75) is 13.3 Å². The van der Waals surface area contributed by atoms with Crippen LogP contribution in [0.25, 0.3) is 0 Å². The van der Waals surface area contributed by atoms with Crippen molar-refractivity contribution >= 4 is 28.4 Å². The Labute approximate surface area is 122 Å². The van der Waals surface area contributed by atoms with Gasteiger partial charge in [0.05, 0.1) is 11.9 Å². The van der Waals surface area contributed by atoms with Crippen LogP contribution in [0.5, 0.6) is 5.75 Å². The second-order valence-corrected chi connectivity index (χ2v) is 4.86. The summed E-state index contributed by atoms with van der Waals surface area (Å²) in [6, 6.07) is 3.61. The number of hydrazone groups is 1. The minimum absolute atomic E-state index is 0.283. The Hall–Kier alpha value is -2.29. The zero-order valence-electron chi connectivity index (χ0n) is 10.8. The minimum Gasteiger partial charge on any atom is -0.406 e. The van der Waals surface area contributed by atoms with Gasteiger partial charge in [-0.2, -0.15) is 5.10 Å². The fourth-order valence-electron chi connectivity index (χ4n) is 1.42. The number of ether oxygens (including phenoxy) is 1. The SMILES string of the molecule is Cc1csc(NN=Cc2cc(OC(F)(F)F)ccc2N)n1. The third kappa shape index (κ3) is 4.63. The first kappa shape index (κ1) is 15.1. The van der Waals surface area contributed by atoms with Gasteiger partial charge in [0.1, 0.15) is 5.75 Å². The molecule has 0 radical (unpaired) electrons. The van der Waals surface area contributed by atoms with Crippen molar-refractivity contribution < 1.29 is 17.9 Å². The second-order valence-electron chi connectivity index (χ2n) is 4.00. The van der Waals surface area contributed by atoms with Crippen LogP contribution in [0.4, 0.5) is 24.0 Å². The van der Waals surface area contributed by atoms with Crippen molar-refractivity contribution in [3.8, 4) is 5.75 Å². The number of aryl methyl sites for hydroxylation is 1. The molecular formula is C12H11F3N4OS.